The molecular weight excluding hydrogens is 184 g/mol. The van der Waals surface area contributed by atoms with Crippen molar-refractivity contribution in [1.82, 2.24) is 0 Å². The van der Waals surface area contributed by atoms with Gasteiger partial charge in [0.25, 0.3) is 0 Å². The Morgan fingerprint density at radius 1 is 1.31 bits per heavy atom. The summed E-state index contributed by atoms with van der Waals surface area (Å²) in [7, 11) is 0.295. The van der Waals surface area contributed by atoms with Crippen molar-refractivity contribution in [2.75, 3.05) is 17.3 Å². The third kappa shape index (κ3) is 2.69. The summed E-state index contributed by atoms with van der Waals surface area (Å²) in [6.07, 6.45) is 1.65. The lowest BCUT2D eigenvalue weighted by atomic mass is 10.2. The van der Waals surface area contributed by atoms with Crippen molar-refractivity contribution in [3.05, 3.63) is 11.6 Å². The minimum Gasteiger partial charge on any atom is -0.294 e. The summed E-state index contributed by atoms with van der Waals surface area (Å²) in [6, 6.07) is 0. The van der Waals surface area contributed by atoms with Crippen molar-refractivity contribution in [3.8, 4) is 0 Å². The molecule has 0 aliphatic heterocycles. The van der Waals surface area contributed by atoms with Gasteiger partial charge in [-0.25, -0.2) is 0 Å². The maximum Gasteiger partial charge on any atom is 0.171 e. The zero-order valence-corrected chi connectivity index (χ0v) is 8.95. The van der Waals surface area contributed by atoms with Crippen LogP contribution in [0.1, 0.15) is 20.3 Å². The first-order valence-corrected chi connectivity index (χ1v) is 6.31. The predicted octanol–water partition coefficient (Wildman–Crippen LogP) is 1.11. The van der Waals surface area contributed by atoms with E-state index in [0.29, 0.717) is 10.9 Å². The van der Waals surface area contributed by atoms with E-state index in [4.69, 9.17) is 0 Å². The van der Waals surface area contributed by atoms with E-state index in [0.717, 1.165) is 22.8 Å². The Balaban J connectivity index is 2.58. The number of ketones is 2. The Kier molecular flexibility index (Phi) is 3.72. The normalized spacial score (nSPS) is 17.0. The fourth-order valence-electron chi connectivity index (χ4n) is 1.35. The molecule has 0 radical (unpaired) electrons. The second kappa shape index (κ2) is 4.61. The number of hydrogen-bond acceptors (Lipinski definition) is 2. The van der Waals surface area contributed by atoms with Crippen LogP contribution in [-0.2, 0) is 20.5 Å². The van der Waals surface area contributed by atoms with Crippen LogP contribution in [0.5, 0.6) is 0 Å². The van der Waals surface area contributed by atoms with Gasteiger partial charge in [0, 0.05) is 5.57 Å². The minimum atomic E-state index is -0.0178. The standard InChI is InChI=1S/C10H15O2S/c1-3-13(4-2)7-8-5-9(11)6-10(8)12/h5H,3-4,6-7H2,1-2H3/q+1. The van der Waals surface area contributed by atoms with Crippen molar-refractivity contribution >= 4 is 22.5 Å². The van der Waals surface area contributed by atoms with E-state index in [1.807, 2.05) is 0 Å². The molecule has 3 heteroatoms. The fraction of sp³-hybridized carbons (Fsp3) is 0.600. The van der Waals surface area contributed by atoms with Crippen molar-refractivity contribution < 1.29 is 9.59 Å². The van der Waals surface area contributed by atoms with E-state index in [1.165, 1.54) is 6.08 Å². The zero-order valence-electron chi connectivity index (χ0n) is 8.13. The van der Waals surface area contributed by atoms with Crippen LogP contribution in [0.2, 0.25) is 0 Å². The van der Waals surface area contributed by atoms with Gasteiger partial charge in [-0.3, -0.25) is 9.59 Å². The molecule has 0 bridgehead atoms. The van der Waals surface area contributed by atoms with Crippen LogP contribution in [-0.4, -0.2) is 28.8 Å². The van der Waals surface area contributed by atoms with Crippen molar-refractivity contribution in [2.45, 2.75) is 20.3 Å². The van der Waals surface area contributed by atoms with Crippen molar-refractivity contribution in [2.24, 2.45) is 0 Å². The third-order valence-electron chi connectivity index (χ3n) is 2.20. The number of carbonyl (C=O) groups excluding carboxylic acids is 2. The summed E-state index contributed by atoms with van der Waals surface area (Å²) in [6.45, 7) is 4.27. The first-order valence-electron chi connectivity index (χ1n) is 4.58. The highest BCUT2D eigenvalue weighted by Crippen LogP contribution is 2.14. The Morgan fingerprint density at radius 3 is 2.31 bits per heavy atom. The van der Waals surface area contributed by atoms with Gasteiger partial charge in [-0.2, -0.15) is 0 Å². The van der Waals surface area contributed by atoms with Gasteiger partial charge in [-0.15, -0.1) is 0 Å². The molecule has 0 aromatic heterocycles. The second-order valence-electron chi connectivity index (χ2n) is 3.07. The average Bonchev–Trinajstić information content (AvgIpc) is 2.41. The van der Waals surface area contributed by atoms with Crippen LogP contribution in [0.4, 0.5) is 0 Å². The lowest BCUT2D eigenvalue weighted by molar-refractivity contribution is -0.120. The molecule has 1 rings (SSSR count). The van der Waals surface area contributed by atoms with Gasteiger partial charge < -0.3 is 0 Å². The lowest BCUT2D eigenvalue weighted by Crippen LogP contribution is -2.16. The van der Waals surface area contributed by atoms with Crippen LogP contribution in [0.25, 0.3) is 0 Å². The van der Waals surface area contributed by atoms with E-state index >= 15 is 0 Å². The molecule has 13 heavy (non-hydrogen) atoms. The minimum absolute atomic E-state index is 0.0178. The molecule has 0 unspecified atom stereocenters. The molecule has 0 amide bonds. The molecule has 0 atom stereocenters. The smallest absolute Gasteiger partial charge is 0.171 e. The van der Waals surface area contributed by atoms with Gasteiger partial charge in [0.05, 0.1) is 6.42 Å². The number of hydrogen-bond donors (Lipinski definition) is 0. The summed E-state index contributed by atoms with van der Waals surface area (Å²) < 4.78 is 0. The molecule has 0 saturated carbocycles. The van der Waals surface area contributed by atoms with Gasteiger partial charge in [0.1, 0.15) is 17.3 Å². The molecule has 0 spiro atoms. The van der Waals surface area contributed by atoms with Crippen LogP contribution in [0, 0.1) is 0 Å². The summed E-state index contributed by atoms with van der Waals surface area (Å²) in [5, 5.41) is 0. The SMILES string of the molecule is CC[S+](CC)CC1=CC(=O)CC1=O. The Hall–Kier alpha value is -0.570. The molecule has 0 N–H and O–H groups in total. The average molecular weight is 199 g/mol. The van der Waals surface area contributed by atoms with E-state index < -0.39 is 0 Å². The van der Waals surface area contributed by atoms with Crippen molar-refractivity contribution in [3.63, 3.8) is 0 Å². The topological polar surface area (TPSA) is 34.1 Å². The Morgan fingerprint density at radius 2 is 1.92 bits per heavy atom. The number of carbonyl (C=O) groups is 2. The first-order chi connectivity index (χ1) is 6.17. The summed E-state index contributed by atoms with van der Waals surface area (Å²) in [4.78, 5) is 22.2. The van der Waals surface area contributed by atoms with E-state index in [-0.39, 0.29) is 18.0 Å². The first kappa shape index (κ1) is 10.5. The highest BCUT2D eigenvalue weighted by molar-refractivity contribution is 7.97. The molecule has 0 aromatic rings. The van der Waals surface area contributed by atoms with Gasteiger partial charge in [0.15, 0.2) is 11.6 Å². The van der Waals surface area contributed by atoms with Crippen LogP contribution in [0.15, 0.2) is 11.6 Å². The largest absolute Gasteiger partial charge is 0.294 e. The maximum atomic E-state index is 11.3. The number of allylic oxidation sites excluding steroid dienone is 1. The number of rotatable bonds is 4. The van der Waals surface area contributed by atoms with Gasteiger partial charge in [0.2, 0.25) is 0 Å². The molecule has 0 fully saturated rings. The number of Topliss-reactive ketones (excluding diaryl/α,β-unsaturated/α-hetero) is 1. The van der Waals surface area contributed by atoms with Crippen molar-refractivity contribution in [1.29, 1.82) is 0 Å². The van der Waals surface area contributed by atoms with Gasteiger partial charge in [-0.1, -0.05) is 0 Å². The zero-order chi connectivity index (χ0) is 9.84. The quantitative estimate of drug-likeness (QED) is 0.502. The molecule has 1 aliphatic carbocycles. The molecule has 0 saturated heterocycles. The fourth-order valence-corrected chi connectivity index (χ4v) is 2.85. The molecule has 0 heterocycles. The molecule has 72 valence electrons. The summed E-state index contributed by atoms with van der Waals surface area (Å²) in [5.74, 6) is 3.06. The van der Waals surface area contributed by atoms with E-state index in [9.17, 15) is 9.59 Å². The summed E-state index contributed by atoms with van der Waals surface area (Å²) >= 11 is 0. The highest BCUT2D eigenvalue weighted by Gasteiger charge is 2.27. The molecule has 0 aromatic carbocycles. The maximum absolute atomic E-state index is 11.3. The van der Waals surface area contributed by atoms with Gasteiger partial charge in [-0.05, 0) is 30.8 Å². The second-order valence-corrected chi connectivity index (χ2v) is 5.74. The third-order valence-corrected chi connectivity index (χ3v) is 4.56. The van der Waals surface area contributed by atoms with Crippen LogP contribution >= 0.6 is 0 Å². The van der Waals surface area contributed by atoms with E-state index in [1.54, 1.807) is 0 Å². The monoisotopic (exact) mass is 199 g/mol. The molecule has 1 aliphatic rings. The van der Waals surface area contributed by atoms with Crippen LogP contribution < -0.4 is 0 Å². The van der Waals surface area contributed by atoms with Gasteiger partial charge >= 0.3 is 0 Å². The highest BCUT2D eigenvalue weighted by atomic mass is 32.2. The van der Waals surface area contributed by atoms with Crippen LogP contribution in [0.3, 0.4) is 0 Å². The Bertz CT molecular complexity index is 252. The summed E-state index contributed by atoms with van der Waals surface area (Å²) in [5.41, 5.74) is 0.761. The molecular formula is C10H15O2S+. The Labute approximate surface area is 81.7 Å². The molecule has 2 nitrogen and oxygen atoms in total. The lowest BCUT2D eigenvalue weighted by Gasteiger charge is -2.02. The van der Waals surface area contributed by atoms with E-state index in [2.05, 4.69) is 13.8 Å². The predicted molar refractivity (Wildman–Crippen MR) is 56.0 cm³/mol.